The van der Waals surface area contributed by atoms with Crippen LogP contribution in [-0.4, -0.2) is 28.6 Å². The molecule has 1 fully saturated rings. The second kappa shape index (κ2) is 10.5. The number of halogens is 1. The van der Waals surface area contributed by atoms with Crippen molar-refractivity contribution in [1.82, 2.24) is 4.90 Å². The summed E-state index contributed by atoms with van der Waals surface area (Å²) in [7, 11) is 0. The van der Waals surface area contributed by atoms with Gasteiger partial charge in [-0.15, -0.1) is 0 Å². The lowest BCUT2D eigenvalue weighted by atomic mass is 10.1. The van der Waals surface area contributed by atoms with Gasteiger partial charge in [-0.25, -0.2) is 0 Å². The number of para-hydroxylation sites is 2. The molecule has 0 bridgehead atoms. The smallest absolute Gasteiger partial charge is 0.293 e. The molecule has 3 aromatic carbocycles. The molecule has 1 N–H and O–H groups in total. The van der Waals surface area contributed by atoms with E-state index in [1.165, 1.54) is 4.90 Å². The summed E-state index contributed by atoms with van der Waals surface area (Å²) in [6.07, 6.45) is 1.62. The number of hydrogen-bond donors (Lipinski definition) is 1. The fourth-order valence-corrected chi connectivity index (χ4v) is 4.41. The summed E-state index contributed by atoms with van der Waals surface area (Å²) in [5.41, 5.74) is 2.13. The number of benzene rings is 3. The van der Waals surface area contributed by atoms with Gasteiger partial charge in [0.25, 0.3) is 17.1 Å². The Balaban J connectivity index is 1.46. The van der Waals surface area contributed by atoms with Crippen LogP contribution in [0.15, 0.2) is 88.2 Å². The van der Waals surface area contributed by atoms with Crippen LogP contribution in [0, 0.1) is 0 Å². The minimum atomic E-state index is -0.364. The molecule has 0 aromatic heterocycles. The van der Waals surface area contributed by atoms with Crippen molar-refractivity contribution < 1.29 is 19.1 Å². The van der Waals surface area contributed by atoms with Crippen LogP contribution >= 0.6 is 27.7 Å². The minimum absolute atomic E-state index is 0.182. The largest absolute Gasteiger partial charge is 0.483 e. The van der Waals surface area contributed by atoms with E-state index in [4.69, 9.17) is 4.74 Å². The molecule has 3 aromatic rings. The van der Waals surface area contributed by atoms with Gasteiger partial charge < -0.3 is 10.1 Å². The Morgan fingerprint density at radius 3 is 2.45 bits per heavy atom. The molecule has 0 atom stereocenters. The van der Waals surface area contributed by atoms with Crippen molar-refractivity contribution in [2.24, 2.45) is 0 Å². The van der Waals surface area contributed by atoms with Gasteiger partial charge in [-0.2, -0.15) is 0 Å². The Labute approximate surface area is 203 Å². The van der Waals surface area contributed by atoms with Crippen molar-refractivity contribution in [3.63, 3.8) is 0 Å². The topological polar surface area (TPSA) is 75.7 Å². The first-order valence-corrected chi connectivity index (χ1v) is 11.7. The van der Waals surface area contributed by atoms with Crippen LogP contribution in [0.3, 0.4) is 0 Å². The minimum Gasteiger partial charge on any atom is -0.483 e. The predicted molar refractivity (Wildman–Crippen MR) is 133 cm³/mol. The standard InChI is InChI=1S/C25H19BrN2O4S/c26-20-12-6-4-9-18(20)15-28-24(30)22(33-25(28)31)14-17-8-5-7-13-21(17)32-16-23(29)27-19-10-2-1-3-11-19/h1-14H,15-16H2,(H,27,29)/b22-14-. The van der Waals surface area contributed by atoms with Gasteiger partial charge in [0.05, 0.1) is 11.4 Å². The van der Waals surface area contributed by atoms with E-state index in [9.17, 15) is 14.4 Å². The summed E-state index contributed by atoms with van der Waals surface area (Å²) < 4.78 is 6.53. The third-order valence-corrected chi connectivity index (χ3v) is 6.46. The van der Waals surface area contributed by atoms with E-state index in [1.54, 1.807) is 42.5 Å². The third kappa shape index (κ3) is 5.71. The summed E-state index contributed by atoms with van der Waals surface area (Å²) in [4.78, 5) is 39.1. The molecule has 1 heterocycles. The average Bonchev–Trinajstić information content (AvgIpc) is 3.08. The predicted octanol–water partition coefficient (Wildman–Crippen LogP) is 5.70. The number of nitrogens with one attached hydrogen (secondary N) is 1. The van der Waals surface area contributed by atoms with Crippen molar-refractivity contribution in [2.75, 3.05) is 11.9 Å². The fraction of sp³-hybridized carbons (Fsp3) is 0.0800. The molecular weight excluding hydrogens is 504 g/mol. The van der Waals surface area contributed by atoms with Crippen LogP contribution in [0.1, 0.15) is 11.1 Å². The molecule has 0 saturated carbocycles. The molecule has 1 aliphatic rings. The van der Waals surface area contributed by atoms with Gasteiger partial charge in [0.2, 0.25) is 0 Å². The van der Waals surface area contributed by atoms with E-state index < -0.39 is 0 Å². The van der Waals surface area contributed by atoms with E-state index >= 15 is 0 Å². The van der Waals surface area contributed by atoms with Crippen LogP contribution in [0.5, 0.6) is 5.75 Å². The van der Waals surface area contributed by atoms with Gasteiger partial charge in [0.1, 0.15) is 5.75 Å². The Bertz CT molecular complexity index is 1230. The van der Waals surface area contributed by atoms with Gasteiger partial charge in [0.15, 0.2) is 6.61 Å². The highest BCUT2D eigenvalue weighted by molar-refractivity contribution is 9.10. The molecule has 33 heavy (non-hydrogen) atoms. The second-order valence-corrected chi connectivity index (χ2v) is 8.95. The fourth-order valence-electron chi connectivity index (χ4n) is 3.17. The van der Waals surface area contributed by atoms with Crippen molar-refractivity contribution in [3.05, 3.63) is 99.4 Å². The van der Waals surface area contributed by atoms with Crippen molar-refractivity contribution >= 4 is 56.5 Å². The summed E-state index contributed by atoms with van der Waals surface area (Å²) in [5.74, 6) is -0.222. The Morgan fingerprint density at radius 1 is 0.970 bits per heavy atom. The first-order valence-electron chi connectivity index (χ1n) is 10.1. The highest BCUT2D eigenvalue weighted by Crippen LogP contribution is 2.35. The maximum Gasteiger partial charge on any atom is 0.293 e. The summed E-state index contributed by atoms with van der Waals surface area (Å²) in [5, 5.41) is 2.43. The maximum atomic E-state index is 12.9. The van der Waals surface area contributed by atoms with Crippen LogP contribution in [0.2, 0.25) is 0 Å². The average molecular weight is 523 g/mol. The van der Waals surface area contributed by atoms with E-state index in [2.05, 4.69) is 21.2 Å². The van der Waals surface area contributed by atoms with Gasteiger partial charge >= 0.3 is 0 Å². The van der Waals surface area contributed by atoms with Gasteiger partial charge in [-0.05, 0) is 47.7 Å². The van der Waals surface area contributed by atoms with Gasteiger partial charge in [0, 0.05) is 15.7 Å². The number of rotatable bonds is 7. The number of thioether (sulfide) groups is 1. The quantitative estimate of drug-likeness (QED) is 0.402. The highest BCUT2D eigenvalue weighted by Gasteiger charge is 2.35. The monoisotopic (exact) mass is 522 g/mol. The highest BCUT2D eigenvalue weighted by atomic mass is 79.9. The second-order valence-electron chi connectivity index (χ2n) is 7.10. The molecule has 166 valence electrons. The van der Waals surface area contributed by atoms with E-state index in [0.717, 1.165) is 21.8 Å². The molecule has 8 heteroatoms. The lowest BCUT2D eigenvalue weighted by Crippen LogP contribution is -2.27. The van der Waals surface area contributed by atoms with E-state index in [-0.39, 0.29) is 30.2 Å². The zero-order valence-electron chi connectivity index (χ0n) is 17.4. The molecule has 0 radical (unpaired) electrons. The molecule has 6 nitrogen and oxygen atoms in total. The molecule has 1 aliphatic heterocycles. The molecule has 4 rings (SSSR count). The molecule has 1 saturated heterocycles. The number of anilines is 1. The zero-order valence-corrected chi connectivity index (χ0v) is 19.8. The van der Waals surface area contributed by atoms with Crippen LogP contribution in [0.25, 0.3) is 6.08 Å². The SMILES string of the molecule is O=C(COc1ccccc1/C=C1\SC(=O)N(Cc2ccccc2Br)C1=O)Nc1ccccc1. The van der Waals surface area contributed by atoms with E-state index in [1.807, 2.05) is 42.5 Å². The third-order valence-electron chi connectivity index (χ3n) is 4.78. The molecule has 0 spiro atoms. The molecular formula is C25H19BrN2O4S. The number of nitrogens with zero attached hydrogens (tertiary/aromatic N) is 1. The number of carbonyl (C=O) groups is 3. The number of amides is 3. The van der Waals surface area contributed by atoms with Crippen LogP contribution < -0.4 is 10.1 Å². The van der Waals surface area contributed by atoms with E-state index in [0.29, 0.717) is 21.9 Å². The molecule has 0 aliphatic carbocycles. The Hall–Kier alpha value is -3.36. The van der Waals surface area contributed by atoms with Crippen molar-refractivity contribution in [3.8, 4) is 5.75 Å². The lowest BCUT2D eigenvalue weighted by Gasteiger charge is -2.13. The first-order chi connectivity index (χ1) is 16.0. The zero-order chi connectivity index (χ0) is 23.2. The van der Waals surface area contributed by atoms with Gasteiger partial charge in [-0.3, -0.25) is 19.3 Å². The van der Waals surface area contributed by atoms with Crippen molar-refractivity contribution in [2.45, 2.75) is 6.54 Å². The van der Waals surface area contributed by atoms with Crippen LogP contribution in [-0.2, 0) is 16.1 Å². The first kappa shape index (κ1) is 22.8. The Morgan fingerprint density at radius 2 is 1.67 bits per heavy atom. The molecule has 0 unspecified atom stereocenters. The summed E-state index contributed by atoms with van der Waals surface area (Å²) in [6.45, 7) is -0.00943. The number of carbonyl (C=O) groups excluding carboxylic acids is 3. The maximum absolute atomic E-state index is 12.9. The van der Waals surface area contributed by atoms with Crippen molar-refractivity contribution in [1.29, 1.82) is 0 Å². The summed E-state index contributed by atoms with van der Waals surface area (Å²) in [6, 6.07) is 23.6. The van der Waals surface area contributed by atoms with Crippen LogP contribution in [0.4, 0.5) is 10.5 Å². The number of imide groups is 1. The normalized spacial score (nSPS) is 14.6. The lowest BCUT2D eigenvalue weighted by molar-refractivity contribution is -0.123. The summed E-state index contributed by atoms with van der Waals surface area (Å²) >= 11 is 4.34. The van der Waals surface area contributed by atoms with Gasteiger partial charge in [-0.1, -0.05) is 70.5 Å². The number of hydrogen-bond acceptors (Lipinski definition) is 5. The molecule has 3 amide bonds. The Kier molecular flexibility index (Phi) is 7.26. The number of ether oxygens (including phenoxy) is 1.